The Morgan fingerprint density at radius 2 is 2.00 bits per heavy atom. The van der Waals surface area contributed by atoms with Crippen LogP contribution < -0.4 is 4.74 Å². The first-order chi connectivity index (χ1) is 13.1. The molecule has 0 bridgehead atoms. The first-order valence-electron chi connectivity index (χ1n) is 8.33. The molecule has 0 aliphatic carbocycles. The lowest BCUT2D eigenvalue weighted by Gasteiger charge is -2.12. The number of amides is 1. The average molecular weight is 380 g/mol. The highest BCUT2D eigenvalue weighted by molar-refractivity contribution is 8.18. The minimum absolute atomic E-state index is 0.148. The number of ether oxygens (including phenoxy) is 1. The molecule has 0 unspecified atom stereocenters. The normalized spacial score (nSPS) is 16.8. The molecule has 1 aliphatic heterocycles. The zero-order chi connectivity index (χ0) is 19.2. The Balaban J connectivity index is 1.85. The highest BCUT2D eigenvalue weighted by atomic mass is 32.2. The molecule has 4 nitrogen and oxygen atoms in total. The number of amidine groups is 1. The van der Waals surface area contributed by atoms with Crippen molar-refractivity contribution in [1.29, 1.82) is 0 Å². The Kier molecular flexibility index (Phi) is 5.94. The van der Waals surface area contributed by atoms with E-state index in [9.17, 15) is 9.18 Å². The van der Waals surface area contributed by atoms with Gasteiger partial charge in [0, 0.05) is 6.54 Å². The first kappa shape index (κ1) is 18.7. The van der Waals surface area contributed by atoms with Crippen molar-refractivity contribution in [3.05, 3.63) is 64.8 Å². The Labute approximate surface area is 161 Å². The molecule has 27 heavy (non-hydrogen) atoms. The number of para-hydroxylation sites is 1. The predicted molar refractivity (Wildman–Crippen MR) is 107 cm³/mol. The second-order valence-corrected chi connectivity index (χ2v) is 6.58. The molecule has 2 aromatic carbocycles. The number of hydrogen-bond donors (Lipinski definition) is 0. The number of benzene rings is 2. The maximum Gasteiger partial charge on any atom is 0.266 e. The minimum Gasteiger partial charge on any atom is -0.481 e. The zero-order valence-electron chi connectivity index (χ0n) is 14.7. The van der Waals surface area contributed by atoms with Gasteiger partial charge in [-0.25, -0.2) is 9.38 Å². The largest absolute Gasteiger partial charge is 0.481 e. The van der Waals surface area contributed by atoms with Crippen molar-refractivity contribution in [2.24, 2.45) is 4.99 Å². The Bertz CT molecular complexity index is 945. The summed E-state index contributed by atoms with van der Waals surface area (Å²) in [6.07, 6.45) is 6.95. The van der Waals surface area contributed by atoms with Crippen molar-refractivity contribution in [2.75, 3.05) is 13.2 Å². The van der Waals surface area contributed by atoms with E-state index in [4.69, 9.17) is 11.2 Å². The molecule has 1 fully saturated rings. The number of likely N-dealkylation sites (N-methyl/N-ethyl adjacent to an activating group) is 1. The van der Waals surface area contributed by atoms with Gasteiger partial charge in [0.15, 0.2) is 5.17 Å². The fourth-order valence-corrected chi connectivity index (χ4v) is 3.51. The topological polar surface area (TPSA) is 41.9 Å². The van der Waals surface area contributed by atoms with Crippen LogP contribution in [0, 0.1) is 18.2 Å². The van der Waals surface area contributed by atoms with Gasteiger partial charge in [0.05, 0.1) is 4.91 Å². The molecule has 136 valence electrons. The first-order valence-corrected chi connectivity index (χ1v) is 9.15. The number of terminal acetylenes is 1. The highest BCUT2D eigenvalue weighted by Crippen LogP contribution is 2.34. The number of carbonyl (C=O) groups excluding carboxylic acids is 1. The number of rotatable bonds is 5. The number of hydrogen-bond acceptors (Lipinski definition) is 4. The molecule has 1 heterocycles. The quantitative estimate of drug-likeness (QED) is 0.568. The van der Waals surface area contributed by atoms with Crippen LogP contribution in [0.25, 0.3) is 6.08 Å². The zero-order valence-corrected chi connectivity index (χ0v) is 15.5. The highest BCUT2D eigenvalue weighted by Gasteiger charge is 2.32. The van der Waals surface area contributed by atoms with Crippen molar-refractivity contribution in [3.63, 3.8) is 0 Å². The molecule has 0 aromatic heterocycles. The molecule has 0 saturated carbocycles. The molecule has 1 saturated heterocycles. The third-order valence-corrected chi connectivity index (χ3v) is 4.78. The van der Waals surface area contributed by atoms with Gasteiger partial charge in [-0.15, -0.1) is 6.42 Å². The van der Waals surface area contributed by atoms with E-state index in [1.165, 1.54) is 22.7 Å². The van der Waals surface area contributed by atoms with E-state index in [0.29, 0.717) is 22.4 Å². The molecule has 3 rings (SSSR count). The fourth-order valence-electron chi connectivity index (χ4n) is 2.45. The standard InChI is InChI=1S/C21H17FN2O2S/c1-3-13-26-16-11-9-15(10-12-16)14-19-20(25)24(4-2)21(27-19)23-18-8-6-5-7-17(18)22/h1,5-12,14H,4,13H2,2H3/b19-14+,23-21?. The van der Waals surface area contributed by atoms with Crippen LogP contribution in [0.15, 0.2) is 58.4 Å². The lowest BCUT2D eigenvalue weighted by molar-refractivity contribution is -0.122. The molecule has 0 spiro atoms. The molecule has 0 atom stereocenters. The van der Waals surface area contributed by atoms with E-state index in [1.807, 2.05) is 19.1 Å². The van der Waals surface area contributed by atoms with Crippen LogP contribution in [-0.4, -0.2) is 29.1 Å². The van der Waals surface area contributed by atoms with Crippen LogP contribution >= 0.6 is 11.8 Å². The van der Waals surface area contributed by atoms with Crippen molar-refractivity contribution in [2.45, 2.75) is 6.92 Å². The van der Waals surface area contributed by atoms with Crippen LogP contribution in [0.4, 0.5) is 10.1 Å². The van der Waals surface area contributed by atoms with Gasteiger partial charge in [0.1, 0.15) is 23.9 Å². The Morgan fingerprint density at radius 3 is 2.67 bits per heavy atom. The third kappa shape index (κ3) is 4.39. The van der Waals surface area contributed by atoms with Crippen LogP contribution in [0.5, 0.6) is 5.75 Å². The van der Waals surface area contributed by atoms with Gasteiger partial charge in [0.2, 0.25) is 0 Å². The summed E-state index contributed by atoms with van der Waals surface area (Å²) < 4.78 is 19.2. The molecular formula is C21H17FN2O2S. The summed E-state index contributed by atoms with van der Waals surface area (Å²) in [5, 5.41) is 0.466. The average Bonchev–Trinajstić information content (AvgIpc) is 2.97. The van der Waals surface area contributed by atoms with E-state index < -0.39 is 5.82 Å². The third-order valence-electron chi connectivity index (χ3n) is 3.77. The van der Waals surface area contributed by atoms with Gasteiger partial charge in [-0.05, 0) is 54.6 Å². The summed E-state index contributed by atoms with van der Waals surface area (Å²) in [6, 6.07) is 13.5. The smallest absolute Gasteiger partial charge is 0.266 e. The van der Waals surface area contributed by atoms with Crippen molar-refractivity contribution < 1.29 is 13.9 Å². The summed E-state index contributed by atoms with van der Waals surface area (Å²) in [6.45, 7) is 2.52. The molecule has 1 amide bonds. The lowest BCUT2D eigenvalue weighted by atomic mass is 10.2. The van der Waals surface area contributed by atoms with Crippen molar-refractivity contribution in [1.82, 2.24) is 4.90 Å². The molecule has 0 radical (unpaired) electrons. The van der Waals surface area contributed by atoms with Crippen LogP contribution in [0.3, 0.4) is 0 Å². The number of halogens is 1. The molecule has 0 N–H and O–H groups in total. The van der Waals surface area contributed by atoms with E-state index in [-0.39, 0.29) is 18.2 Å². The fraction of sp³-hybridized carbons (Fsp3) is 0.143. The van der Waals surface area contributed by atoms with E-state index in [0.717, 1.165) is 5.56 Å². The van der Waals surface area contributed by atoms with Gasteiger partial charge in [-0.2, -0.15) is 0 Å². The maximum absolute atomic E-state index is 13.9. The number of carbonyl (C=O) groups is 1. The molecular weight excluding hydrogens is 363 g/mol. The Morgan fingerprint density at radius 1 is 1.26 bits per heavy atom. The van der Waals surface area contributed by atoms with Gasteiger partial charge >= 0.3 is 0 Å². The molecule has 6 heteroatoms. The summed E-state index contributed by atoms with van der Waals surface area (Å²) in [7, 11) is 0. The summed E-state index contributed by atoms with van der Waals surface area (Å²) in [4.78, 5) is 19.0. The summed E-state index contributed by atoms with van der Waals surface area (Å²) in [5.41, 5.74) is 1.06. The molecule has 1 aliphatic rings. The van der Waals surface area contributed by atoms with E-state index in [2.05, 4.69) is 10.9 Å². The van der Waals surface area contributed by atoms with Crippen molar-refractivity contribution in [3.8, 4) is 18.1 Å². The van der Waals surface area contributed by atoms with E-state index in [1.54, 1.807) is 36.4 Å². The summed E-state index contributed by atoms with van der Waals surface area (Å²) >= 11 is 1.23. The lowest BCUT2D eigenvalue weighted by Crippen LogP contribution is -2.28. The van der Waals surface area contributed by atoms with E-state index >= 15 is 0 Å². The summed E-state index contributed by atoms with van der Waals surface area (Å²) in [5.74, 6) is 2.50. The van der Waals surface area contributed by atoms with Gasteiger partial charge in [0.25, 0.3) is 5.91 Å². The van der Waals surface area contributed by atoms with Crippen LogP contribution in [0.2, 0.25) is 0 Å². The van der Waals surface area contributed by atoms with Gasteiger partial charge in [-0.3, -0.25) is 9.69 Å². The number of nitrogens with zero attached hydrogens (tertiary/aromatic N) is 2. The second-order valence-electron chi connectivity index (χ2n) is 5.57. The Hall–Kier alpha value is -3.04. The maximum atomic E-state index is 13.9. The second kappa shape index (κ2) is 8.56. The molecule has 2 aromatic rings. The van der Waals surface area contributed by atoms with Crippen molar-refractivity contribution >= 4 is 34.6 Å². The SMILES string of the molecule is C#CCOc1ccc(/C=C2/SC(=Nc3ccccc3F)N(CC)C2=O)cc1. The number of thioether (sulfide) groups is 1. The van der Waals surface area contributed by atoms with Crippen LogP contribution in [0.1, 0.15) is 12.5 Å². The monoisotopic (exact) mass is 380 g/mol. The van der Waals surface area contributed by atoms with Gasteiger partial charge < -0.3 is 4.74 Å². The minimum atomic E-state index is -0.422. The van der Waals surface area contributed by atoms with Gasteiger partial charge in [-0.1, -0.05) is 30.2 Å². The predicted octanol–water partition coefficient (Wildman–Crippen LogP) is 4.46. The van der Waals surface area contributed by atoms with Crippen LogP contribution in [-0.2, 0) is 4.79 Å². The number of aliphatic imine (C=N–C) groups is 1.